The first-order chi connectivity index (χ1) is 11.6. The molecule has 10 heteroatoms. The highest BCUT2D eigenvalue weighted by molar-refractivity contribution is 7.15. The maximum Gasteiger partial charge on any atom is 0.372 e. The number of imidazole rings is 1. The molecule has 0 bridgehead atoms. The van der Waals surface area contributed by atoms with Crippen LogP contribution in [0.3, 0.4) is 0 Å². The zero-order chi connectivity index (χ0) is 17.1. The number of amides is 1. The molecule has 2 aromatic heterocycles. The molecule has 24 heavy (non-hydrogen) atoms. The highest BCUT2D eigenvalue weighted by Gasteiger charge is 2.28. The Morgan fingerprint density at radius 1 is 1.54 bits per heavy atom. The summed E-state index contributed by atoms with van der Waals surface area (Å²) in [6, 6.07) is 0.0692. The molecule has 3 heterocycles. The minimum atomic E-state index is -0.418. The number of anilines is 1. The van der Waals surface area contributed by atoms with Gasteiger partial charge < -0.3 is 25.1 Å². The molecule has 3 rings (SSSR count). The van der Waals surface area contributed by atoms with E-state index in [1.165, 1.54) is 15.7 Å². The lowest BCUT2D eigenvalue weighted by atomic mass is 10.0. The summed E-state index contributed by atoms with van der Waals surface area (Å²) in [5.74, 6) is 0.352. The van der Waals surface area contributed by atoms with Gasteiger partial charge in [0.15, 0.2) is 0 Å². The van der Waals surface area contributed by atoms with Crippen molar-refractivity contribution in [3.63, 3.8) is 0 Å². The third-order valence-electron chi connectivity index (χ3n) is 4.12. The molecular formula is C14H19N5O4S. The summed E-state index contributed by atoms with van der Waals surface area (Å²) < 4.78 is 6.41. The molecule has 1 aliphatic rings. The summed E-state index contributed by atoms with van der Waals surface area (Å²) in [6.07, 6.45) is 3.51. The van der Waals surface area contributed by atoms with Crippen LogP contribution < -0.4 is 5.32 Å². The number of thiazole rings is 1. The van der Waals surface area contributed by atoms with Crippen LogP contribution in [0.2, 0.25) is 0 Å². The molecule has 2 aromatic rings. The van der Waals surface area contributed by atoms with E-state index >= 15 is 0 Å². The number of nitro groups is 1. The lowest BCUT2D eigenvalue weighted by Gasteiger charge is -2.32. The van der Waals surface area contributed by atoms with Crippen LogP contribution >= 0.6 is 11.3 Å². The van der Waals surface area contributed by atoms with E-state index in [0.29, 0.717) is 36.9 Å². The summed E-state index contributed by atoms with van der Waals surface area (Å²) in [5, 5.41) is 16.3. The number of carbonyl (C=O) groups excluding carboxylic acids is 1. The monoisotopic (exact) mass is 353 g/mol. The van der Waals surface area contributed by atoms with Gasteiger partial charge in [0.2, 0.25) is 11.7 Å². The number of methoxy groups -OCH3 is 1. The molecule has 0 aliphatic carbocycles. The molecule has 9 nitrogen and oxygen atoms in total. The second-order valence-corrected chi connectivity index (χ2v) is 6.51. The van der Waals surface area contributed by atoms with Crippen LogP contribution in [-0.4, -0.2) is 58.0 Å². The third kappa shape index (κ3) is 3.34. The average Bonchev–Trinajstić information content (AvgIpc) is 3.13. The van der Waals surface area contributed by atoms with Crippen molar-refractivity contribution in [2.45, 2.75) is 25.3 Å². The quantitative estimate of drug-likeness (QED) is 0.627. The first-order valence-electron chi connectivity index (χ1n) is 7.73. The number of hydrogen-bond donors (Lipinski definition) is 1. The zero-order valence-electron chi connectivity index (χ0n) is 13.3. The van der Waals surface area contributed by atoms with Gasteiger partial charge in [-0.1, -0.05) is 11.3 Å². The Hall–Kier alpha value is -2.20. The Morgan fingerprint density at radius 2 is 2.29 bits per heavy atom. The largest absolute Gasteiger partial charge is 0.384 e. The smallest absolute Gasteiger partial charge is 0.372 e. The van der Waals surface area contributed by atoms with Gasteiger partial charge in [-0.25, -0.2) is 0 Å². The number of piperidine rings is 1. The second kappa shape index (κ2) is 7.14. The molecule has 0 aromatic carbocycles. The number of rotatable bonds is 6. The van der Waals surface area contributed by atoms with Gasteiger partial charge in [0, 0.05) is 31.6 Å². The summed E-state index contributed by atoms with van der Waals surface area (Å²) in [6.45, 7) is 1.70. The van der Waals surface area contributed by atoms with Crippen LogP contribution in [0.5, 0.6) is 0 Å². The number of carbonyl (C=O) groups is 1. The lowest BCUT2D eigenvalue weighted by Crippen LogP contribution is -2.42. The molecule has 0 radical (unpaired) electrons. The van der Waals surface area contributed by atoms with Crippen molar-refractivity contribution in [3.05, 3.63) is 21.7 Å². The Labute approximate surface area is 142 Å². The molecule has 0 spiro atoms. The summed E-state index contributed by atoms with van der Waals surface area (Å²) in [5.41, 5.74) is 0. The lowest BCUT2D eigenvalue weighted by molar-refractivity contribution is -0.389. The van der Waals surface area contributed by atoms with Crippen molar-refractivity contribution in [3.8, 4) is 0 Å². The Kier molecular flexibility index (Phi) is 4.95. The number of aromatic nitrogens is 2. The van der Waals surface area contributed by atoms with E-state index in [4.69, 9.17) is 4.74 Å². The molecule has 0 atom stereocenters. The molecule has 1 aliphatic heterocycles. The molecule has 0 saturated carbocycles. The predicted octanol–water partition coefficient (Wildman–Crippen LogP) is 1.74. The van der Waals surface area contributed by atoms with Gasteiger partial charge in [0.25, 0.3) is 4.96 Å². The summed E-state index contributed by atoms with van der Waals surface area (Å²) >= 11 is 1.36. The van der Waals surface area contributed by atoms with Gasteiger partial charge in [-0.2, -0.15) is 9.38 Å². The van der Waals surface area contributed by atoms with Crippen LogP contribution in [0.1, 0.15) is 19.3 Å². The van der Waals surface area contributed by atoms with Crippen molar-refractivity contribution in [2.24, 2.45) is 0 Å². The number of ether oxygens (including phenoxy) is 1. The minimum absolute atomic E-state index is 0.0372. The van der Waals surface area contributed by atoms with Crippen molar-refractivity contribution in [1.29, 1.82) is 0 Å². The van der Waals surface area contributed by atoms with Crippen LogP contribution in [0.15, 0.2) is 11.6 Å². The van der Waals surface area contributed by atoms with Gasteiger partial charge in [-0.05, 0) is 17.8 Å². The van der Waals surface area contributed by atoms with E-state index in [1.54, 1.807) is 18.7 Å². The van der Waals surface area contributed by atoms with Crippen molar-refractivity contribution >= 4 is 33.8 Å². The van der Waals surface area contributed by atoms with E-state index in [-0.39, 0.29) is 17.8 Å². The maximum atomic E-state index is 12.0. The number of fused-ring (bicyclic) bond motifs is 1. The van der Waals surface area contributed by atoms with Crippen LogP contribution in [0.4, 0.5) is 11.6 Å². The zero-order valence-corrected chi connectivity index (χ0v) is 14.1. The van der Waals surface area contributed by atoms with Gasteiger partial charge in [0.05, 0.1) is 13.0 Å². The van der Waals surface area contributed by atoms with E-state index < -0.39 is 4.92 Å². The Balaban J connectivity index is 1.62. The second-order valence-electron chi connectivity index (χ2n) is 5.64. The van der Waals surface area contributed by atoms with Gasteiger partial charge in [-0.3, -0.25) is 4.79 Å². The summed E-state index contributed by atoms with van der Waals surface area (Å²) in [7, 11) is 1.58. The number of hydrogen-bond acceptors (Lipinski definition) is 7. The summed E-state index contributed by atoms with van der Waals surface area (Å²) in [4.78, 5) is 29.6. The van der Waals surface area contributed by atoms with E-state index in [1.807, 2.05) is 4.90 Å². The minimum Gasteiger partial charge on any atom is -0.384 e. The van der Waals surface area contributed by atoms with Gasteiger partial charge >= 0.3 is 5.82 Å². The number of nitrogens with zero attached hydrogens (tertiary/aromatic N) is 4. The van der Waals surface area contributed by atoms with Crippen molar-refractivity contribution in [1.82, 2.24) is 14.3 Å². The fraction of sp³-hybridized carbons (Fsp3) is 0.571. The molecule has 1 saturated heterocycles. The normalized spacial score (nSPS) is 15.8. The molecule has 1 amide bonds. The highest BCUT2D eigenvalue weighted by atomic mass is 32.1. The van der Waals surface area contributed by atoms with Crippen molar-refractivity contribution in [2.75, 3.05) is 32.1 Å². The van der Waals surface area contributed by atoms with Crippen molar-refractivity contribution < 1.29 is 14.5 Å². The maximum absolute atomic E-state index is 12.0. The topological polar surface area (TPSA) is 102 Å². The van der Waals surface area contributed by atoms with Gasteiger partial charge in [0.1, 0.15) is 6.20 Å². The molecular weight excluding hydrogens is 334 g/mol. The first kappa shape index (κ1) is 16.7. The standard InChI is InChI=1S/C14H19N5O4S/c1-23-8-4-11(20)17-5-2-10(3-6-17)15-12-13(19(21)22)18-7-9-24-14(18)16-12/h7,9-10,15H,2-6,8H2,1H3. The van der Waals surface area contributed by atoms with E-state index in [0.717, 1.165) is 12.8 Å². The van der Waals surface area contributed by atoms with Crippen LogP contribution in [0.25, 0.3) is 4.96 Å². The third-order valence-corrected chi connectivity index (χ3v) is 4.87. The van der Waals surface area contributed by atoms with Gasteiger partial charge in [-0.15, -0.1) is 0 Å². The highest BCUT2D eigenvalue weighted by Crippen LogP contribution is 2.29. The fourth-order valence-electron chi connectivity index (χ4n) is 2.86. The van der Waals surface area contributed by atoms with E-state index in [9.17, 15) is 14.9 Å². The molecule has 1 fully saturated rings. The average molecular weight is 353 g/mol. The van der Waals surface area contributed by atoms with Crippen LogP contribution in [0, 0.1) is 10.1 Å². The fourth-order valence-corrected chi connectivity index (χ4v) is 3.57. The molecule has 1 N–H and O–H groups in total. The predicted molar refractivity (Wildman–Crippen MR) is 89.4 cm³/mol. The van der Waals surface area contributed by atoms with Crippen LogP contribution in [-0.2, 0) is 9.53 Å². The molecule has 0 unspecified atom stereocenters. The number of nitrogens with one attached hydrogen (secondary N) is 1. The number of likely N-dealkylation sites (tertiary alicyclic amines) is 1. The Morgan fingerprint density at radius 3 is 2.96 bits per heavy atom. The molecule has 130 valence electrons. The Bertz CT molecular complexity index is 735. The first-order valence-corrected chi connectivity index (χ1v) is 8.61. The SMILES string of the molecule is COCCC(=O)N1CCC(Nc2nc3sccn3c2[N+](=O)[O-])CC1. The van der Waals surface area contributed by atoms with E-state index in [2.05, 4.69) is 10.3 Å².